The minimum atomic E-state index is -1.36. The van der Waals surface area contributed by atoms with E-state index in [-0.39, 0.29) is 12.4 Å². The molecule has 1 fully saturated rings. The maximum atomic E-state index is 14.2. The second-order valence-corrected chi connectivity index (χ2v) is 10.3. The van der Waals surface area contributed by atoms with E-state index in [0.29, 0.717) is 32.7 Å². The summed E-state index contributed by atoms with van der Waals surface area (Å²) in [6, 6.07) is 17.4. The quantitative estimate of drug-likeness (QED) is 0.205. The van der Waals surface area contributed by atoms with Crippen molar-refractivity contribution in [2.75, 3.05) is 7.11 Å². The van der Waals surface area contributed by atoms with Gasteiger partial charge >= 0.3 is 11.9 Å². The number of esters is 2. The van der Waals surface area contributed by atoms with Crippen LogP contribution in [0.15, 0.2) is 71.3 Å². The molecule has 0 radical (unpaired) electrons. The fourth-order valence-corrected chi connectivity index (χ4v) is 5.30. The van der Waals surface area contributed by atoms with Crippen LogP contribution in [0.3, 0.4) is 0 Å². The normalized spacial score (nSPS) is 16.1. The smallest absolute Gasteiger partial charge is 0.324 e. The number of hydrogen-bond acceptors (Lipinski definition) is 6. The monoisotopic (exact) mass is 581 g/mol. The molecule has 0 amide bonds. The Morgan fingerprint density at radius 2 is 1.74 bits per heavy atom. The number of ether oxygens (including phenoxy) is 4. The molecule has 9 heteroatoms. The van der Waals surface area contributed by atoms with Crippen molar-refractivity contribution in [2.45, 2.75) is 32.2 Å². The zero-order chi connectivity index (χ0) is 27.0. The molecule has 1 aliphatic heterocycles. The molecule has 1 aliphatic rings. The number of nitrogens with one attached hydrogen (secondary N) is 1. The molecular formula is C29H25BrFNO6. The van der Waals surface area contributed by atoms with Crippen LogP contribution in [0.2, 0.25) is 0 Å². The number of H-pyrrole nitrogens is 1. The van der Waals surface area contributed by atoms with E-state index in [4.69, 9.17) is 18.9 Å². The first-order chi connectivity index (χ1) is 18.2. The molecule has 4 aromatic rings. The Kier molecular flexibility index (Phi) is 6.88. The molecule has 1 N–H and O–H groups in total. The number of fused-ring (bicyclic) bond motifs is 1. The van der Waals surface area contributed by atoms with E-state index in [1.54, 1.807) is 36.5 Å². The van der Waals surface area contributed by atoms with E-state index in [1.165, 1.54) is 27.0 Å². The molecule has 0 spiro atoms. The highest BCUT2D eigenvalue weighted by Crippen LogP contribution is 2.45. The Labute approximate surface area is 227 Å². The maximum Gasteiger partial charge on any atom is 0.324 e. The minimum absolute atomic E-state index is 0.0246. The number of halogens is 2. The lowest BCUT2D eigenvalue weighted by Gasteiger charge is -2.36. The van der Waals surface area contributed by atoms with Gasteiger partial charge in [0.2, 0.25) is 0 Å². The topological polar surface area (TPSA) is 86.9 Å². The van der Waals surface area contributed by atoms with Gasteiger partial charge in [-0.25, -0.2) is 4.39 Å². The largest absolute Gasteiger partial charge is 0.493 e. The van der Waals surface area contributed by atoms with Crippen molar-refractivity contribution >= 4 is 38.8 Å². The van der Waals surface area contributed by atoms with E-state index >= 15 is 0 Å². The van der Waals surface area contributed by atoms with Crippen molar-refractivity contribution in [1.82, 2.24) is 4.98 Å². The molecule has 1 atom stereocenters. The van der Waals surface area contributed by atoms with Gasteiger partial charge in [0.25, 0.3) is 5.79 Å². The van der Waals surface area contributed by atoms with Gasteiger partial charge in [-0.3, -0.25) is 9.59 Å². The summed E-state index contributed by atoms with van der Waals surface area (Å²) in [6.45, 7) is 3.01. The Hall–Kier alpha value is -3.85. The molecule has 5 rings (SSSR count). The number of hydrogen-bond donors (Lipinski definition) is 1. The number of carbonyl (C=O) groups excluding carboxylic acids is 2. The Balaban J connectivity index is 1.60. The predicted molar refractivity (Wildman–Crippen MR) is 141 cm³/mol. The second-order valence-electron chi connectivity index (χ2n) is 9.40. The van der Waals surface area contributed by atoms with Crippen LogP contribution in [0, 0.1) is 11.7 Å². The molecule has 0 saturated carbocycles. The SMILES string of the molecule is COc1cc([C@@H](c2c[nH]c3ccccc23)C2C(=O)OC(C)(C)OC2=O)cc(Br)c1OCc1ccccc1F. The van der Waals surface area contributed by atoms with Gasteiger partial charge in [0, 0.05) is 42.4 Å². The number of para-hydroxylation sites is 1. The summed E-state index contributed by atoms with van der Waals surface area (Å²) in [6.07, 6.45) is 1.78. The molecule has 0 unspecified atom stereocenters. The number of methoxy groups -OCH3 is 1. The van der Waals surface area contributed by atoms with E-state index in [0.717, 1.165) is 10.9 Å². The molecule has 38 heavy (non-hydrogen) atoms. The first kappa shape index (κ1) is 25.8. The molecular weight excluding hydrogens is 557 g/mol. The first-order valence-corrected chi connectivity index (χ1v) is 12.7. The van der Waals surface area contributed by atoms with Crippen molar-refractivity contribution in [1.29, 1.82) is 0 Å². The fourth-order valence-electron chi connectivity index (χ4n) is 4.73. The van der Waals surface area contributed by atoms with Crippen LogP contribution >= 0.6 is 15.9 Å². The molecule has 0 aliphatic carbocycles. The van der Waals surface area contributed by atoms with Crippen molar-refractivity contribution in [3.05, 3.63) is 93.8 Å². The third kappa shape index (κ3) is 4.86. The maximum absolute atomic E-state index is 14.2. The summed E-state index contributed by atoms with van der Waals surface area (Å²) in [7, 11) is 1.48. The Morgan fingerprint density at radius 3 is 2.45 bits per heavy atom. The number of carbonyl (C=O) groups is 2. The minimum Gasteiger partial charge on any atom is -0.493 e. The van der Waals surface area contributed by atoms with Crippen LogP contribution in [0.5, 0.6) is 11.5 Å². The van der Waals surface area contributed by atoms with Gasteiger partial charge in [-0.15, -0.1) is 0 Å². The highest BCUT2D eigenvalue weighted by atomic mass is 79.9. The first-order valence-electron chi connectivity index (χ1n) is 11.9. The van der Waals surface area contributed by atoms with Crippen LogP contribution < -0.4 is 9.47 Å². The standard InChI is InChI=1S/C29H25BrFNO6/c1-29(2)37-27(33)25(28(34)38-29)24(19-14-32-22-11-7-5-9-18(19)22)17-12-20(30)26(23(13-17)35-3)36-15-16-8-4-6-10-21(16)31/h4-14,24-25,32H,15H2,1-3H3/t24-/m0/s1. The van der Waals surface area contributed by atoms with Gasteiger partial charge in [0.15, 0.2) is 17.4 Å². The third-order valence-electron chi connectivity index (χ3n) is 6.43. The van der Waals surface area contributed by atoms with Crippen LogP contribution in [-0.2, 0) is 25.7 Å². The zero-order valence-electron chi connectivity index (χ0n) is 20.9. The molecule has 1 aromatic heterocycles. The third-order valence-corrected chi connectivity index (χ3v) is 7.02. The van der Waals surface area contributed by atoms with Crippen LogP contribution in [0.1, 0.15) is 36.5 Å². The number of rotatable bonds is 7. The van der Waals surface area contributed by atoms with Crippen molar-refractivity contribution in [2.24, 2.45) is 5.92 Å². The van der Waals surface area contributed by atoms with Gasteiger partial charge in [0.1, 0.15) is 12.4 Å². The number of aromatic amines is 1. The Bertz CT molecular complexity index is 1510. The van der Waals surface area contributed by atoms with Gasteiger partial charge in [0.05, 0.1) is 11.6 Å². The van der Waals surface area contributed by atoms with Gasteiger partial charge < -0.3 is 23.9 Å². The fraction of sp³-hybridized carbons (Fsp3) is 0.241. The lowest BCUT2D eigenvalue weighted by atomic mass is 9.80. The van der Waals surface area contributed by atoms with Gasteiger partial charge in [-0.2, -0.15) is 0 Å². The predicted octanol–water partition coefficient (Wildman–Crippen LogP) is 6.24. The van der Waals surface area contributed by atoms with Crippen molar-refractivity contribution in [3.8, 4) is 11.5 Å². The highest BCUT2D eigenvalue weighted by Gasteiger charge is 2.49. The summed E-state index contributed by atoms with van der Waals surface area (Å²) < 4.78 is 37.2. The number of benzene rings is 3. The van der Waals surface area contributed by atoms with E-state index in [2.05, 4.69) is 20.9 Å². The van der Waals surface area contributed by atoms with Crippen LogP contribution in [-0.4, -0.2) is 29.8 Å². The number of aromatic nitrogens is 1. The van der Waals surface area contributed by atoms with E-state index < -0.39 is 29.6 Å². The second kappa shape index (κ2) is 10.1. The lowest BCUT2D eigenvalue weighted by molar-refractivity contribution is -0.240. The van der Waals surface area contributed by atoms with Crippen molar-refractivity contribution in [3.63, 3.8) is 0 Å². The van der Waals surface area contributed by atoms with Gasteiger partial charge in [-0.1, -0.05) is 36.4 Å². The summed E-state index contributed by atoms with van der Waals surface area (Å²) >= 11 is 3.55. The van der Waals surface area contributed by atoms with E-state index in [9.17, 15) is 14.0 Å². The molecule has 3 aromatic carbocycles. The summed E-state index contributed by atoms with van der Waals surface area (Å²) in [4.78, 5) is 29.7. The zero-order valence-corrected chi connectivity index (χ0v) is 22.5. The molecule has 7 nitrogen and oxygen atoms in total. The highest BCUT2D eigenvalue weighted by molar-refractivity contribution is 9.10. The summed E-state index contributed by atoms with van der Waals surface area (Å²) in [5.41, 5.74) is 2.54. The average molecular weight is 582 g/mol. The molecule has 0 bridgehead atoms. The molecule has 196 valence electrons. The molecule has 2 heterocycles. The van der Waals surface area contributed by atoms with Crippen LogP contribution in [0.25, 0.3) is 10.9 Å². The summed E-state index contributed by atoms with van der Waals surface area (Å²) in [5, 5.41) is 0.845. The van der Waals surface area contributed by atoms with Crippen molar-refractivity contribution < 1.29 is 32.9 Å². The van der Waals surface area contributed by atoms with Gasteiger partial charge in [-0.05, 0) is 51.3 Å². The lowest BCUT2D eigenvalue weighted by Crippen LogP contribution is -2.48. The summed E-state index contributed by atoms with van der Waals surface area (Å²) in [5.74, 6) is -4.44. The van der Waals surface area contributed by atoms with E-state index in [1.807, 2.05) is 24.3 Å². The Morgan fingerprint density at radius 1 is 1.05 bits per heavy atom. The van der Waals surface area contributed by atoms with Crippen LogP contribution in [0.4, 0.5) is 4.39 Å². The molecule has 1 saturated heterocycles. The average Bonchev–Trinajstić information content (AvgIpc) is 3.29. The number of cyclic esters (lactones) is 2.